The summed E-state index contributed by atoms with van der Waals surface area (Å²) in [5.41, 5.74) is 6.11. The van der Waals surface area contributed by atoms with Crippen LogP contribution in [0.1, 0.15) is 84.1 Å². The average molecular weight is 444 g/mol. The smallest absolute Gasteiger partial charge is 0.225 e. The number of nitrogens with zero attached hydrogens (tertiary/aromatic N) is 4. The highest BCUT2D eigenvalue weighted by Crippen LogP contribution is 2.32. The van der Waals surface area contributed by atoms with Crippen LogP contribution in [-0.4, -0.2) is 32.5 Å². The van der Waals surface area contributed by atoms with Crippen molar-refractivity contribution in [2.24, 2.45) is 4.99 Å². The van der Waals surface area contributed by atoms with E-state index in [2.05, 4.69) is 52.5 Å². The van der Waals surface area contributed by atoms with Gasteiger partial charge in [0.2, 0.25) is 5.91 Å². The van der Waals surface area contributed by atoms with E-state index in [0.29, 0.717) is 53.7 Å². The van der Waals surface area contributed by atoms with Crippen LogP contribution in [-0.2, 0) is 17.6 Å². The number of hydrogen-bond donors (Lipinski definition) is 1. The average Bonchev–Trinajstić information content (AvgIpc) is 3.45. The lowest BCUT2D eigenvalue weighted by molar-refractivity contribution is -0.116. The molecule has 2 aromatic heterocycles. The Bertz CT molecular complexity index is 1290. The highest BCUT2D eigenvalue weighted by atomic mass is 16.5. The standard InChI is InChI=1S/C25H25N5O3/c1-13(2)15-4-6-18-16(9-15)10-19(28-18)20-11-22(33-30-20)14(3)8-21(31)24-17-5-7-23(32)29-25(17)27-12-26-24/h4,6,9,11-14H,5,7-8,10H2,1-3H3,(H,26,27,29,32)/t14-/m0/s1. The molecule has 168 valence electrons. The van der Waals surface area contributed by atoms with E-state index in [1.807, 2.05) is 13.0 Å². The molecule has 1 aromatic carbocycles. The van der Waals surface area contributed by atoms with Crippen molar-refractivity contribution in [3.63, 3.8) is 0 Å². The molecule has 2 aliphatic rings. The van der Waals surface area contributed by atoms with Crippen LogP contribution in [0, 0.1) is 0 Å². The van der Waals surface area contributed by atoms with Crippen LogP contribution in [0.15, 0.2) is 40.1 Å². The van der Waals surface area contributed by atoms with E-state index in [-0.39, 0.29) is 24.0 Å². The van der Waals surface area contributed by atoms with Gasteiger partial charge < -0.3 is 9.84 Å². The third kappa shape index (κ3) is 4.08. The maximum atomic E-state index is 13.0. The van der Waals surface area contributed by atoms with E-state index in [1.165, 1.54) is 17.5 Å². The predicted molar refractivity (Wildman–Crippen MR) is 123 cm³/mol. The van der Waals surface area contributed by atoms with Gasteiger partial charge in [-0.25, -0.2) is 9.97 Å². The van der Waals surface area contributed by atoms with E-state index in [0.717, 1.165) is 11.4 Å². The molecule has 33 heavy (non-hydrogen) atoms. The number of Topliss-reactive ketones (excluding diaryl/α,β-unsaturated/α-hetero) is 1. The zero-order valence-electron chi connectivity index (χ0n) is 18.9. The maximum absolute atomic E-state index is 13.0. The van der Waals surface area contributed by atoms with E-state index in [4.69, 9.17) is 9.52 Å². The quantitative estimate of drug-likeness (QED) is 0.561. The molecule has 4 heterocycles. The number of hydrogen-bond acceptors (Lipinski definition) is 7. The summed E-state index contributed by atoms with van der Waals surface area (Å²) < 4.78 is 5.59. The number of rotatable bonds is 6. The van der Waals surface area contributed by atoms with Crippen LogP contribution in [0.3, 0.4) is 0 Å². The van der Waals surface area contributed by atoms with Gasteiger partial charge in [0.05, 0.1) is 11.4 Å². The van der Waals surface area contributed by atoms with Crippen LogP contribution in [0.2, 0.25) is 0 Å². The molecule has 1 amide bonds. The Morgan fingerprint density at radius 1 is 1.15 bits per heavy atom. The van der Waals surface area contributed by atoms with Crippen molar-refractivity contribution in [1.82, 2.24) is 15.1 Å². The minimum absolute atomic E-state index is 0.0976. The second-order valence-electron chi connectivity index (χ2n) is 9.02. The number of amides is 1. The van der Waals surface area contributed by atoms with Gasteiger partial charge in [-0.1, -0.05) is 38.1 Å². The molecule has 0 saturated heterocycles. The SMILES string of the molecule is CC(C)c1ccc2c(c1)CC(c1cc([C@@H](C)CC(=O)c3ncnc4c3CCC(=O)N4)on1)=N2. The van der Waals surface area contributed by atoms with E-state index < -0.39 is 0 Å². The molecule has 8 nitrogen and oxygen atoms in total. The number of fused-ring (bicyclic) bond motifs is 2. The number of carbonyl (C=O) groups excluding carboxylic acids is 2. The van der Waals surface area contributed by atoms with Crippen molar-refractivity contribution in [1.29, 1.82) is 0 Å². The first-order chi connectivity index (χ1) is 15.9. The summed E-state index contributed by atoms with van der Waals surface area (Å²) >= 11 is 0. The lowest BCUT2D eigenvalue weighted by atomic mass is 9.95. The van der Waals surface area contributed by atoms with Gasteiger partial charge in [-0.05, 0) is 29.5 Å². The Morgan fingerprint density at radius 2 is 2.00 bits per heavy atom. The Labute approximate surface area is 191 Å². The highest BCUT2D eigenvalue weighted by molar-refractivity contribution is 6.05. The zero-order chi connectivity index (χ0) is 23.1. The summed E-state index contributed by atoms with van der Waals surface area (Å²) in [6.45, 7) is 6.29. The normalized spacial score (nSPS) is 15.6. The van der Waals surface area contributed by atoms with Crippen molar-refractivity contribution < 1.29 is 14.1 Å². The first-order valence-electron chi connectivity index (χ1n) is 11.2. The fourth-order valence-electron chi connectivity index (χ4n) is 4.29. The minimum atomic E-state index is -0.181. The number of ketones is 1. The molecule has 0 saturated carbocycles. The van der Waals surface area contributed by atoms with Gasteiger partial charge in [-0.2, -0.15) is 0 Å². The summed E-state index contributed by atoms with van der Waals surface area (Å²) in [5, 5.41) is 6.94. The molecule has 0 spiro atoms. The van der Waals surface area contributed by atoms with Gasteiger partial charge in [0.25, 0.3) is 0 Å². The second kappa shape index (κ2) is 8.35. The number of aromatic nitrogens is 3. The number of anilines is 1. The van der Waals surface area contributed by atoms with Crippen molar-refractivity contribution >= 4 is 28.9 Å². The molecule has 2 aliphatic heterocycles. The van der Waals surface area contributed by atoms with Gasteiger partial charge in [0.15, 0.2) is 5.78 Å². The Kier molecular flexibility index (Phi) is 5.36. The lowest BCUT2D eigenvalue weighted by Gasteiger charge is -2.17. The van der Waals surface area contributed by atoms with Gasteiger partial charge in [-0.15, -0.1) is 0 Å². The first-order valence-corrected chi connectivity index (χ1v) is 11.2. The molecule has 8 heteroatoms. The third-order valence-electron chi connectivity index (χ3n) is 6.25. The van der Waals surface area contributed by atoms with E-state index in [9.17, 15) is 9.59 Å². The third-order valence-corrected chi connectivity index (χ3v) is 6.25. The molecule has 3 aromatic rings. The van der Waals surface area contributed by atoms with E-state index >= 15 is 0 Å². The number of aliphatic imine (C=N–C) groups is 1. The van der Waals surface area contributed by atoms with Gasteiger partial charge in [0, 0.05) is 36.8 Å². The van der Waals surface area contributed by atoms with Crippen molar-refractivity contribution in [3.05, 3.63) is 64.4 Å². The summed E-state index contributed by atoms with van der Waals surface area (Å²) in [4.78, 5) is 37.6. The second-order valence-corrected chi connectivity index (χ2v) is 9.02. The van der Waals surface area contributed by atoms with Crippen molar-refractivity contribution in [2.45, 2.75) is 58.3 Å². The van der Waals surface area contributed by atoms with E-state index in [1.54, 1.807) is 0 Å². The Morgan fingerprint density at radius 3 is 2.82 bits per heavy atom. The van der Waals surface area contributed by atoms with Gasteiger partial charge in [-0.3, -0.25) is 14.6 Å². The topological polar surface area (TPSA) is 110 Å². The molecule has 0 aliphatic carbocycles. The maximum Gasteiger partial charge on any atom is 0.225 e. The summed E-state index contributed by atoms with van der Waals surface area (Å²) in [5.74, 6) is 1.14. The molecular weight excluding hydrogens is 418 g/mol. The summed E-state index contributed by atoms with van der Waals surface area (Å²) in [6.07, 6.45) is 3.04. The van der Waals surface area contributed by atoms with Crippen LogP contribution in [0.4, 0.5) is 11.5 Å². The molecular formula is C25H25N5O3. The van der Waals surface area contributed by atoms with Crippen LogP contribution in [0.25, 0.3) is 0 Å². The van der Waals surface area contributed by atoms with Crippen molar-refractivity contribution in [3.8, 4) is 0 Å². The van der Waals surface area contributed by atoms with Crippen LogP contribution in [0.5, 0.6) is 0 Å². The molecule has 0 bridgehead atoms. The fraction of sp³-hybridized carbons (Fsp3) is 0.360. The van der Waals surface area contributed by atoms with Gasteiger partial charge >= 0.3 is 0 Å². The van der Waals surface area contributed by atoms with Crippen molar-refractivity contribution in [2.75, 3.05) is 5.32 Å². The molecule has 0 fully saturated rings. The fourth-order valence-corrected chi connectivity index (χ4v) is 4.29. The monoisotopic (exact) mass is 443 g/mol. The Balaban J connectivity index is 1.30. The van der Waals surface area contributed by atoms with Crippen LogP contribution >= 0.6 is 0 Å². The molecule has 0 radical (unpaired) electrons. The number of carbonyl (C=O) groups is 2. The predicted octanol–water partition coefficient (Wildman–Crippen LogP) is 4.53. The Hall–Kier alpha value is -3.68. The zero-order valence-corrected chi connectivity index (χ0v) is 18.9. The summed E-state index contributed by atoms with van der Waals surface area (Å²) in [6, 6.07) is 8.27. The molecule has 1 atom stereocenters. The highest BCUT2D eigenvalue weighted by Gasteiger charge is 2.26. The number of nitrogens with one attached hydrogen (secondary N) is 1. The van der Waals surface area contributed by atoms with Gasteiger partial charge in [0.1, 0.15) is 29.3 Å². The minimum Gasteiger partial charge on any atom is -0.360 e. The summed E-state index contributed by atoms with van der Waals surface area (Å²) in [7, 11) is 0. The lowest BCUT2D eigenvalue weighted by Crippen LogP contribution is -2.23. The van der Waals surface area contributed by atoms with Crippen LogP contribution < -0.4 is 5.32 Å². The molecule has 1 N–H and O–H groups in total. The molecule has 0 unspecified atom stereocenters. The number of benzene rings is 1. The largest absolute Gasteiger partial charge is 0.360 e. The molecule has 5 rings (SSSR count). The first kappa shape index (κ1) is 21.2.